The lowest BCUT2D eigenvalue weighted by molar-refractivity contribution is -0.125. The Balaban J connectivity index is 0.00000400. The summed E-state index contributed by atoms with van der Waals surface area (Å²) in [6, 6.07) is 1.93. The highest BCUT2D eigenvalue weighted by atomic mass is 35.5. The zero-order valence-electron chi connectivity index (χ0n) is 11.7. The lowest BCUT2D eigenvalue weighted by Crippen LogP contribution is -2.46. The van der Waals surface area contributed by atoms with Gasteiger partial charge in [-0.1, -0.05) is 13.8 Å². The fraction of sp³-hybridized carbons (Fsp3) is 0.385. The van der Waals surface area contributed by atoms with E-state index < -0.39 is 29.5 Å². The second-order valence-corrected chi connectivity index (χ2v) is 4.69. The lowest BCUT2D eigenvalue weighted by atomic mass is 10.1. The summed E-state index contributed by atoms with van der Waals surface area (Å²) in [6.07, 6.45) is 0. The average molecular weight is 322 g/mol. The van der Waals surface area contributed by atoms with Crippen LogP contribution in [0, 0.1) is 17.6 Å². The number of hydrogen-bond donors (Lipinski definition) is 3. The Labute approximate surface area is 127 Å². The third-order valence-corrected chi connectivity index (χ3v) is 2.59. The average Bonchev–Trinajstić information content (AvgIpc) is 2.33. The number of nitrogens with one attached hydrogen (secondary N) is 2. The molecule has 2 amide bonds. The molecule has 0 aliphatic rings. The molecular formula is C13H18ClF2N3O2. The molecule has 1 rings (SSSR count). The van der Waals surface area contributed by atoms with E-state index in [-0.39, 0.29) is 30.6 Å². The minimum Gasteiger partial charge on any atom is -0.346 e. The van der Waals surface area contributed by atoms with Gasteiger partial charge in [0.05, 0.1) is 12.6 Å². The van der Waals surface area contributed by atoms with E-state index in [0.29, 0.717) is 6.07 Å². The first kappa shape index (κ1) is 19.3. The van der Waals surface area contributed by atoms with Crippen LogP contribution in [0.25, 0.3) is 0 Å². The summed E-state index contributed by atoms with van der Waals surface area (Å²) in [4.78, 5) is 23.0. The molecule has 21 heavy (non-hydrogen) atoms. The SMILES string of the molecule is CC(C)[C@H](N)C(=O)NCC(=O)Nc1cc(F)cc(F)c1.Cl. The molecule has 0 bridgehead atoms. The van der Waals surface area contributed by atoms with Gasteiger partial charge in [-0.25, -0.2) is 8.78 Å². The predicted octanol–water partition coefficient (Wildman–Crippen LogP) is 1.42. The van der Waals surface area contributed by atoms with E-state index in [1.807, 2.05) is 0 Å². The Morgan fingerprint density at radius 3 is 2.19 bits per heavy atom. The van der Waals surface area contributed by atoms with Gasteiger partial charge in [-0.15, -0.1) is 12.4 Å². The molecule has 5 nitrogen and oxygen atoms in total. The van der Waals surface area contributed by atoms with Gasteiger partial charge in [0.2, 0.25) is 11.8 Å². The molecule has 0 fully saturated rings. The number of hydrogen-bond acceptors (Lipinski definition) is 3. The van der Waals surface area contributed by atoms with Crippen LogP contribution >= 0.6 is 12.4 Å². The van der Waals surface area contributed by atoms with Gasteiger partial charge in [-0.2, -0.15) is 0 Å². The quantitative estimate of drug-likeness (QED) is 0.767. The molecule has 0 heterocycles. The second-order valence-electron chi connectivity index (χ2n) is 4.69. The molecule has 4 N–H and O–H groups in total. The largest absolute Gasteiger partial charge is 0.346 e. The maximum atomic E-state index is 12.9. The third kappa shape index (κ3) is 6.50. The standard InChI is InChI=1S/C13H17F2N3O2.ClH/c1-7(2)12(16)13(20)17-6-11(19)18-10-4-8(14)3-9(15)5-10;/h3-5,7,12H,6,16H2,1-2H3,(H,17,20)(H,18,19);1H/t12-;/m0./s1. The summed E-state index contributed by atoms with van der Waals surface area (Å²) in [7, 11) is 0. The maximum Gasteiger partial charge on any atom is 0.243 e. The Hall–Kier alpha value is -1.73. The lowest BCUT2D eigenvalue weighted by Gasteiger charge is -2.15. The van der Waals surface area contributed by atoms with Crippen molar-refractivity contribution in [3.8, 4) is 0 Å². The van der Waals surface area contributed by atoms with E-state index >= 15 is 0 Å². The second kappa shape index (κ2) is 8.53. The zero-order chi connectivity index (χ0) is 15.3. The van der Waals surface area contributed by atoms with Crippen LogP contribution in [0.3, 0.4) is 0 Å². The number of carbonyl (C=O) groups excluding carboxylic acids is 2. The van der Waals surface area contributed by atoms with Crippen LogP contribution in [-0.4, -0.2) is 24.4 Å². The van der Waals surface area contributed by atoms with Gasteiger partial charge in [0.15, 0.2) is 0 Å². The molecule has 0 spiro atoms. The third-order valence-electron chi connectivity index (χ3n) is 2.59. The Bertz CT molecular complexity index is 492. The Morgan fingerprint density at radius 1 is 1.19 bits per heavy atom. The summed E-state index contributed by atoms with van der Waals surface area (Å²) >= 11 is 0. The molecule has 0 saturated carbocycles. The molecular weight excluding hydrogens is 304 g/mol. The van der Waals surface area contributed by atoms with Crippen molar-refractivity contribution in [3.63, 3.8) is 0 Å². The van der Waals surface area contributed by atoms with Crippen LogP contribution in [0.5, 0.6) is 0 Å². The van der Waals surface area contributed by atoms with E-state index in [1.165, 1.54) is 0 Å². The van der Waals surface area contributed by atoms with E-state index in [2.05, 4.69) is 10.6 Å². The van der Waals surface area contributed by atoms with Crippen molar-refractivity contribution in [1.82, 2.24) is 5.32 Å². The molecule has 0 aromatic heterocycles. The van der Waals surface area contributed by atoms with Crippen molar-refractivity contribution >= 4 is 29.9 Å². The van der Waals surface area contributed by atoms with Gasteiger partial charge in [-0.3, -0.25) is 9.59 Å². The molecule has 1 aromatic carbocycles. The summed E-state index contributed by atoms with van der Waals surface area (Å²) < 4.78 is 25.8. The summed E-state index contributed by atoms with van der Waals surface area (Å²) in [5.74, 6) is -2.72. The maximum absolute atomic E-state index is 12.9. The number of rotatable bonds is 5. The molecule has 118 valence electrons. The highest BCUT2D eigenvalue weighted by molar-refractivity contribution is 5.95. The predicted molar refractivity (Wildman–Crippen MR) is 78.1 cm³/mol. The van der Waals surface area contributed by atoms with Crippen molar-refractivity contribution < 1.29 is 18.4 Å². The van der Waals surface area contributed by atoms with Crippen LogP contribution in [0.1, 0.15) is 13.8 Å². The summed E-state index contributed by atoms with van der Waals surface area (Å²) in [5, 5.41) is 4.62. The smallest absolute Gasteiger partial charge is 0.243 e. The first-order chi connectivity index (χ1) is 9.29. The monoisotopic (exact) mass is 321 g/mol. The van der Waals surface area contributed by atoms with Crippen LogP contribution in [0.15, 0.2) is 18.2 Å². The van der Waals surface area contributed by atoms with E-state index in [0.717, 1.165) is 12.1 Å². The minimum absolute atomic E-state index is 0. The molecule has 0 unspecified atom stereocenters. The number of benzene rings is 1. The first-order valence-corrected chi connectivity index (χ1v) is 6.09. The molecule has 1 aromatic rings. The van der Waals surface area contributed by atoms with E-state index in [1.54, 1.807) is 13.8 Å². The molecule has 0 saturated heterocycles. The normalized spacial score (nSPS) is 11.5. The molecule has 8 heteroatoms. The van der Waals surface area contributed by atoms with Crippen molar-refractivity contribution in [3.05, 3.63) is 29.8 Å². The molecule has 0 aliphatic carbocycles. The van der Waals surface area contributed by atoms with Crippen LogP contribution in [0.4, 0.5) is 14.5 Å². The number of amides is 2. The van der Waals surface area contributed by atoms with Gasteiger partial charge in [0.1, 0.15) is 11.6 Å². The van der Waals surface area contributed by atoms with Gasteiger partial charge in [0, 0.05) is 11.8 Å². The van der Waals surface area contributed by atoms with Crippen molar-refractivity contribution in [2.24, 2.45) is 11.7 Å². The first-order valence-electron chi connectivity index (χ1n) is 6.09. The van der Waals surface area contributed by atoms with Crippen molar-refractivity contribution in [1.29, 1.82) is 0 Å². The summed E-state index contributed by atoms with van der Waals surface area (Å²) in [5.41, 5.74) is 5.58. The topological polar surface area (TPSA) is 84.2 Å². The van der Waals surface area contributed by atoms with E-state index in [4.69, 9.17) is 5.73 Å². The van der Waals surface area contributed by atoms with Gasteiger partial charge in [-0.05, 0) is 18.1 Å². The fourth-order valence-corrected chi connectivity index (χ4v) is 1.42. The Kier molecular flexibility index (Phi) is 7.83. The van der Waals surface area contributed by atoms with Crippen molar-refractivity contribution in [2.75, 3.05) is 11.9 Å². The fourth-order valence-electron chi connectivity index (χ4n) is 1.42. The summed E-state index contributed by atoms with van der Waals surface area (Å²) in [6.45, 7) is 3.23. The number of nitrogens with two attached hydrogens (primary N) is 1. The Morgan fingerprint density at radius 2 is 1.71 bits per heavy atom. The van der Waals surface area contributed by atoms with Gasteiger partial charge in [0.25, 0.3) is 0 Å². The number of anilines is 1. The van der Waals surface area contributed by atoms with Crippen LogP contribution in [0.2, 0.25) is 0 Å². The van der Waals surface area contributed by atoms with E-state index in [9.17, 15) is 18.4 Å². The van der Waals surface area contributed by atoms with Gasteiger partial charge >= 0.3 is 0 Å². The highest BCUT2D eigenvalue weighted by Crippen LogP contribution is 2.12. The molecule has 1 atom stereocenters. The van der Waals surface area contributed by atoms with Crippen LogP contribution in [-0.2, 0) is 9.59 Å². The van der Waals surface area contributed by atoms with Crippen LogP contribution < -0.4 is 16.4 Å². The van der Waals surface area contributed by atoms with Gasteiger partial charge < -0.3 is 16.4 Å². The molecule has 0 aliphatic heterocycles. The number of halogens is 3. The molecule has 0 radical (unpaired) electrons. The minimum atomic E-state index is -0.800. The number of carbonyl (C=O) groups is 2. The van der Waals surface area contributed by atoms with Crippen molar-refractivity contribution in [2.45, 2.75) is 19.9 Å². The highest BCUT2D eigenvalue weighted by Gasteiger charge is 2.17. The zero-order valence-corrected chi connectivity index (χ0v) is 12.5.